The molecule has 0 saturated carbocycles. The van der Waals surface area contributed by atoms with Gasteiger partial charge in [-0.2, -0.15) is 0 Å². The Labute approximate surface area is 79.0 Å². The molecule has 0 amide bonds. The van der Waals surface area contributed by atoms with Gasteiger partial charge in [-0.25, -0.2) is 0 Å². The third kappa shape index (κ3) is 1.81. The highest BCUT2D eigenvalue weighted by Crippen LogP contribution is 2.24. The predicted molar refractivity (Wildman–Crippen MR) is 54.4 cm³/mol. The smallest absolute Gasteiger partial charge is 0.0722 e. The molecule has 1 heteroatoms. The number of benzene rings is 1. The molecule has 1 aromatic carbocycles. The van der Waals surface area contributed by atoms with E-state index >= 15 is 0 Å². The van der Waals surface area contributed by atoms with Crippen molar-refractivity contribution in [3.8, 4) is 0 Å². The molecule has 0 fully saturated rings. The van der Waals surface area contributed by atoms with Crippen LogP contribution in [-0.2, 0) is 11.3 Å². The molecule has 13 heavy (non-hydrogen) atoms. The van der Waals surface area contributed by atoms with Crippen LogP contribution in [0.2, 0.25) is 0 Å². The van der Waals surface area contributed by atoms with Crippen LogP contribution in [-0.4, -0.2) is 6.61 Å². The van der Waals surface area contributed by atoms with E-state index in [9.17, 15) is 0 Å². The van der Waals surface area contributed by atoms with Gasteiger partial charge in [-0.15, -0.1) is 0 Å². The van der Waals surface area contributed by atoms with Gasteiger partial charge >= 0.3 is 0 Å². The van der Waals surface area contributed by atoms with Gasteiger partial charge in [0.15, 0.2) is 0 Å². The van der Waals surface area contributed by atoms with Gasteiger partial charge in [0.2, 0.25) is 0 Å². The van der Waals surface area contributed by atoms with Crippen molar-refractivity contribution in [2.45, 2.75) is 19.4 Å². The van der Waals surface area contributed by atoms with E-state index in [1.165, 1.54) is 16.7 Å². The zero-order valence-electron chi connectivity index (χ0n) is 7.75. The summed E-state index contributed by atoms with van der Waals surface area (Å²) in [6, 6.07) is 8.36. The van der Waals surface area contributed by atoms with E-state index in [0.717, 1.165) is 26.1 Å². The minimum Gasteiger partial charge on any atom is -0.377 e. The summed E-state index contributed by atoms with van der Waals surface area (Å²) in [6.07, 6.45) is 2.14. The van der Waals surface area contributed by atoms with Gasteiger partial charge in [0, 0.05) is 6.61 Å². The molecule has 1 nitrogen and oxygen atoms in total. The second kappa shape index (κ2) is 3.75. The maximum atomic E-state index is 5.51. The van der Waals surface area contributed by atoms with Crippen LogP contribution in [0.3, 0.4) is 0 Å². The van der Waals surface area contributed by atoms with Crippen molar-refractivity contribution in [2.75, 3.05) is 6.61 Å². The normalized spacial score (nSPS) is 17.4. The van der Waals surface area contributed by atoms with Crippen molar-refractivity contribution in [1.29, 1.82) is 0 Å². The minimum absolute atomic E-state index is 0.731. The maximum absolute atomic E-state index is 5.51. The van der Waals surface area contributed by atoms with E-state index in [4.69, 9.17) is 4.74 Å². The lowest BCUT2D eigenvalue weighted by Gasteiger charge is -2.15. The fourth-order valence-electron chi connectivity index (χ4n) is 1.70. The molecule has 1 aliphatic heterocycles. The molecule has 1 heterocycles. The van der Waals surface area contributed by atoms with Crippen LogP contribution in [0.5, 0.6) is 0 Å². The van der Waals surface area contributed by atoms with Crippen molar-refractivity contribution in [1.82, 2.24) is 0 Å². The Morgan fingerprint density at radius 1 is 1.23 bits per heavy atom. The van der Waals surface area contributed by atoms with E-state index in [2.05, 4.69) is 30.8 Å². The lowest BCUT2D eigenvalue weighted by atomic mass is 9.97. The largest absolute Gasteiger partial charge is 0.377 e. The molecule has 0 N–H and O–H groups in total. The second-order valence-electron chi connectivity index (χ2n) is 3.42. The van der Waals surface area contributed by atoms with Crippen molar-refractivity contribution >= 4 is 5.57 Å². The summed E-state index contributed by atoms with van der Waals surface area (Å²) in [5.41, 5.74) is 3.80. The molecule has 1 aliphatic rings. The van der Waals surface area contributed by atoms with Crippen LogP contribution in [0.15, 0.2) is 30.8 Å². The average Bonchev–Trinajstić information content (AvgIpc) is 2.14. The maximum Gasteiger partial charge on any atom is 0.0722 e. The van der Waals surface area contributed by atoms with E-state index in [1.807, 2.05) is 0 Å². The van der Waals surface area contributed by atoms with Gasteiger partial charge in [-0.05, 0) is 29.5 Å². The van der Waals surface area contributed by atoms with Crippen LogP contribution >= 0.6 is 0 Å². The number of hydrogen-bond acceptors (Lipinski definition) is 1. The van der Waals surface area contributed by atoms with Gasteiger partial charge in [-0.1, -0.05) is 30.8 Å². The molecular formula is C12H14O. The standard InChI is InChI=1S/C12H14O/c1-10-5-4-8-13-9-11-6-2-3-7-12(10)11/h2-3,6-7H,1,4-5,8-9H2. The molecule has 0 unspecified atom stereocenters. The molecule has 0 radical (unpaired) electrons. The summed E-state index contributed by atoms with van der Waals surface area (Å²) < 4.78 is 5.51. The second-order valence-corrected chi connectivity index (χ2v) is 3.42. The van der Waals surface area contributed by atoms with Crippen molar-refractivity contribution in [3.05, 3.63) is 42.0 Å². The van der Waals surface area contributed by atoms with Gasteiger partial charge in [-0.3, -0.25) is 0 Å². The first kappa shape index (κ1) is 8.52. The third-order valence-electron chi connectivity index (χ3n) is 2.42. The zero-order valence-corrected chi connectivity index (χ0v) is 7.75. The van der Waals surface area contributed by atoms with Gasteiger partial charge in [0.1, 0.15) is 0 Å². The third-order valence-corrected chi connectivity index (χ3v) is 2.42. The van der Waals surface area contributed by atoms with E-state index in [-0.39, 0.29) is 0 Å². The summed E-state index contributed by atoms with van der Waals surface area (Å²) in [5, 5.41) is 0. The Hall–Kier alpha value is -1.08. The highest BCUT2D eigenvalue weighted by molar-refractivity contribution is 5.66. The SMILES string of the molecule is C=C1CCCOCc2ccccc21. The Morgan fingerprint density at radius 3 is 3.00 bits per heavy atom. The fraction of sp³-hybridized carbons (Fsp3) is 0.333. The lowest BCUT2D eigenvalue weighted by molar-refractivity contribution is 0.117. The van der Waals surface area contributed by atoms with Crippen LogP contribution in [0.1, 0.15) is 24.0 Å². The summed E-state index contributed by atoms with van der Waals surface area (Å²) in [6.45, 7) is 5.69. The first-order chi connectivity index (χ1) is 6.38. The predicted octanol–water partition coefficient (Wildman–Crippen LogP) is 3.01. The van der Waals surface area contributed by atoms with Crippen LogP contribution < -0.4 is 0 Å². The Bertz CT molecular complexity index is 315. The molecule has 0 spiro atoms. The van der Waals surface area contributed by atoms with Crippen LogP contribution in [0.4, 0.5) is 0 Å². The molecule has 2 rings (SSSR count). The molecule has 0 aromatic heterocycles. The first-order valence-electron chi connectivity index (χ1n) is 4.72. The average molecular weight is 174 g/mol. The molecule has 0 bridgehead atoms. The number of hydrogen-bond donors (Lipinski definition) is 0. The summed E-state index contributed by atoms with van der Waals surface area (Å²) in [4.78, 5) is 0. The number of allylic oxidation sites excluding steroid dienone is 1. The molecule has 68 valence electrons. The first-order valence-corrected chi connectivity index (χ1v) is 4.72. The van der Waals surface area contributed by atoms with Crippen LogP contribution in [0, 0.1) is 0 Å². The Kier molecular flexibility index (Phi) is 2.46. The van der Waals surface area contributed by atoms with Gasteiger partial charge < -0.3 is 4.74 Å². The highest BCUT2D eigenvalue weighted by Gasteiger charge is 2.08. The topological polar surface area (TPSA) is 9.23 Å². The molecule has 0 aliphatic carbocycles. The number of fused-ring (bicyclic) bond motifs is 1. The molecular weight excluding hydrogens is 160 g/mol. The van der Waals surface area contributed by atoms with Gasteiger partial charge in [0.05, 0.1) is 6.61 Å². The van der Waals surface area contributed by atoms with E-state index in [1.54, 1.807) is 0 Å². The van der Waals surface area contributed by atoms with Gasteiger partial charge in [0.25, 0.3) is 0 Å². The van der Waals surface area contributed by atoms with Crippen molar-refractivity contribution in [2.24, 2.45) is 0 Å². The monoisotopic (exact) mass is 174 g/mol. The van der Waals surface area contributed by atoms with E-state index < -0.39 is 0 Å². The number of ether oxygens (including phenoxy) is 1. The zero-order chi connectivity index (χ0) is 9.10. The number of rotatable bonds is 0. The summed E-state index contributed by atoms with van der Waals surface area (Å²) in [7, 11) is 0. The van der Waals surface area contributed by atoms with Crippen LogP contribution in [0.25, 0.3) is 5.57 Å². The Balaban J connectivity index is 2.37. The summed E-state index contributed by atoms with van der Waals surface area (Å²) in [5.74, 6) is 0. The van der Waals surface area contributed by atoms with Crippen molar-refractivity contribution < 1.29 is 4.74 Å². The molecule has 1 aromatic rings. The molecule has 0 saturated heterocycles. The van der Waals surface area contributed by atoms with Crippen molar-refractivity contribution in [3.63, 3.8) is 0 Å². The quantitative estimate of drug-likeness (QED) is 0.587. The minimum atomic E-state index is 0.731. The summed E-state index contributed by atoms with van der Waals surface area (Å²) >= 11 is 0. The lowest BCUT2D eigenvalue weighted by Crippen LogP contribution is -2.03. The molecule has 0 atom stereocenters. The fourth-order valence-corrected chi connectivity index (χ4v) is 1.70. The highest BCUT2D eigenvalue weighted by atomic mass is 16.5. The Morgan fingerprint density at radius 2 is 2.08 bits per heavy atom. The van der Waals surface area contributed by atoms with E-state index in [0.29, 0.717) is 0 Å².